The van der Waals surface area contributed by atoms with Gasteiger partial charge in [0.1, 0.15) is 5.82 Å². The minimum Gasteiger partial charge on any atom is -0.340 e. The zero-order chi connectivity index (χ0) is 21.8. The predicted molar refractivity (Wildman–Crippen MR) is 114 cm³/mol. The van der Waals surface area contributed by atoms with Crippen molar-refractivity contribution in [3.63, 3.8) is 0 Å². The first-order valence-corrected chi connectivity index (χ1v) is 11.3. The number of aromatic amines is 1. The quantitative estimate of drug-likeness (QED) is 0.538. The van der Waals surface area contributed by atoms with Crippen molar-refractivity contribution in [2.24, 2.45) is 0 Å². The van der Waals surface area contributed by atoms with Crippen LogP contribution in [0.5, 0.6) is 0 Å². The van der Waals surface area contributed by atoms with Crippen molar-refractivity contribution in [2.45, 2.75) is 24.2 Å². The molecule has 162 valence electrons. The minimum atomic E-state index is -4.00. The van der Waals surface area contributed by atoms with E-state index in [1.807, 2.05) is 0 Å². The van der Waals surface area contributed by atoms with Gasteiger partial charge in [-0.2, -0.15) is 4.98 Å². The fraction of sp³-hybridized carbons (Fsp3) is 0.250. The summed E-state index contributed by atoms with van der Waals surface area (Å²) in [6.45, 7) is 1.75. The Kier molecular flexibility index (Phi) is 5.85. The van der Waals surface area contributed by atoms with E-state index in [2.05, 4.69) is 30.1 Å². The van der Waals surface area contributed by atoms with E-state index in [4.69, 9.17) is 0 Å². The van der Waals surface area contributed by atoms with Gasteiger partial charge in [0.05, 0.1) is 10.6 Å². The molecule has 1 amide bonds. The van der Waals surface area contributed by atoms with Crippen molar-refractivity contribution in [1.82, 2.24) is 15.2 Å². The normalized spacial score (nSPS) is 14.3. The number of halogens is 1. The average Bonchev–Trinajstić information content (AvgIpc) is 3.24. The molecule has 1 aliphatic heterocycles. The molecule has 4 rings (SSSR count). The summed E-state index contributed by atoms with van der Waals surface area (Å²) in [5.41, 5.74) is 0.0833. The molecule has 2 heterocycles. The second-order valence-electron chi connectivity index (χ2n) is 7.10. The molecule has 3 aromatic rings. The SMILES string of the molecule is O=C(Nc1nc(N2CCCCC2)n[nH]1)c1ccc(S(=O)(=O)Nc2ccccc2F)cc1. The molecule has 0 saturated carbocycles. The standard InChI is InChI=1S/C20H21FN6O3S/c21-16-6-2-3-7-17(16)26-31(29,30)15-10-8-14(9-11-15)18(28)22-19-23-20(25-24-19)27-12-4-1-5-13-27/h2-3,6-11,26H,1,4-5,12-13H2,(H2,22,23,24,25,28). The molecule has 0 aliphatic carbocycles. The number of carbonyl (C=O) groups is 1. The molecule has 0 spiro atoms. The number of anilines is 3. The second kappa shape index (κ2) is 8.72. The van der Waals surface area contributed by atoms with E-state index in [-0.39, 0.29) is 22.1 Å². The van der Waals surface area contributed by atoms with Crippen LogP contribution >= 0.6 is 0 Å². The van der Waals surface area contributed by atoms with Gasteiger partial charge in [-0.05, 0) is 55.7 Å². The number of nitrogens with one attached hydrogen (secondary N) is 3. The Labute approximate surface area is 178 Å². The number of sulfonamides is 1. The lowest BCUT2D eigenvalue weighted by Gasteiger charge is -2.24. The molecule has 1 aliphatic rings. The molecule has 1 saturated heterocycles. The van der Waals surface area contributed by atoms with Gasteiger partial charge in [-0.3, -0.25) is 14.8 Å². The van der Waals surface area contributed by atoms with Gasteiger partial charge >= 0.3 is 0 Å². The van der Waals surface area contributed by atoms with E-state index in [1.165, 1.54) is 48.9 Å². The van der Waals surface area contributed by atoms with Crippen molar-refractivity contribution in [3.8, 4) is 0 Å². The number of amides is 1. The van der Waals surface area contributed by atoms with Crippen LogP contribution in [-0.2, 0) is 10.0 Å². The van der Waals surface area contributed by atoms with Gasteiger partial charge in [-0.15, -0.1) is 5.10 Å². The molecule has 9 nitrogen and oxygen atoms in total. The zero-order valence-electron chi connectivity index (χ0n) is 16.5. The number of carbonyl (C=O) groups excluding carboxylic acids is 1. The van der Waals surface area contributed by atoms with Gasteiger partial charge in [0, 0.05) is 18.7 Å². The Balaban J connectivity index is 1.42. The Bertz CT molecular complexity index is 1170. The molecule has 31 heavy (non-hydrogen) atoms. The Morgan fingerprint density at radius 2 is 1.74 bits per heavy atom. The molecule has 1 aromatic heterocycles. The lowest BCUT2D eigenvalue weighted by Crippen LogP contribution is -2.30. The highest BCUT2D eigenvalue weighted by Crippen LogP contribution is 2.20. The number of rotatable bonds is 6. The van der Waals surface area contributed by atoms with Crippen molar-refractivity contribution in [2.75, 3.05) is 28.0 Å². The molecule has 0 radical (unpaired) electrons. The van der Waals surface area contributed by atoms with E-state index in [0.29, 0.717) is 5.95 Å². The lowest BCUT2D eigenvalue weighted by molar-refractivity contribution is 0.102. The van der Waals surface area contributed by atoms with Crippen molar-refractivity contribution in [3.05, 3.63) is 59.9 Å². The first kappa shape index (κ1) is 20.8. The largest absolute Gasteiger partial charge is 0.340 e. The molecular weight excluding hydrogens is 423 g/mol. The Morgan fingerprint density at radius 1 is 1.03 bits per heavy atom. The molecule has 0 unspecified atom stereocenters. The summed E-state index contributed by atoms with van der Waals surface area (Å²) in [5.74, 6) is -0.399. The van der Waals surface area contributed by atoms with Crippen LogP contribution in [0, 0.1) is 5.82 Å². The van der Waals surface area contributed by atoms with Crippen LogP contribution in [0.4, 0.5) is 22.0 Å². The van der Waals surface area contributed by atoms with Crippen LogP contribution < -0.4 is 14.9 Å². The third-order valence-corrected chi connectivity index (χ3v) is 6.27. The number of benzene rings is 2. The van der Waals surface area contributed by atoms with Gasteiger partial charge < -0.3 is 4.90 Å². The summed E-state index contributed by atoms with van der Waals surface area (Å²) in [5, 5.41) is 9.45. The third kappa shape index (κ3) is 4.82. The summed E-state index contributed by atoms with van der Waals surface area (Å²) < 4.78 is 40.9. The van der Waals surface area contributed by atoms with Crippen LogP contribution in [0.2, 0.25) is 0 Å². The summed E-state index contributed by atoms with van der Waals surface area (Å²) >= 11 is 0. The number of piperidine rings is 1. The second-order valence-corrected chi connectivity index (χ2v) is 8.78. The smallest absolute Gasteiger partial charge is 0.261 e. The number of H-pyrrole nitrogens is 1. The Hall–Kier alpha value is -3.47. The van der Waals surface area contributed by atoms with Gasteiger partial charge in [-0.1, -0.05) is 12.1 Å². The van der Waals surface area contributed by atoms with E-state index in [0.717, 1.165) is 32.0 Å². The number of hydrogen-bond acceptors (Lipinski definition) is 6. The lowest BCUT2D eigenvalue weighted by atomic mass is 10.1. The number of para-hydroxylation sites is 1. The van der Waals surface area contributed by atoms with Crippen LogP contribution in [0.1, 0.15) is 29.6 Å². The molecule has 2 aromatic carbocycles. The van der Waals surface area contributed by atoms with Gasteiger partial charge in [0.2, 0.25) is 11.9 Å². The van der Waals surface area contributed by atoms with Crippen molar-refractivity contribution < 1.29 is 17.6 Å². The molecule has 3 N–H and O–H groups in total. The first-order valence-electron chi connectivity index (χ1n) is 9.78. The van der Waals surface area contributed by atoms with Crippen molar-refractivity contribution >= 4 is 33.5 Å². The minimum absolute atomic E-state index is 0.0978. The molecule has 11 heteroatoms. The number of nitrogens with zero attached hydrogens (tertiary/aromatic N) is 3. The summed E-state index contributed by atoms with van der Waals surface area (Å²) in [6.07, 6.45) is 3.35. The zero-order valence-corrected chi connectivity index (χ0v) is 17.3. The average molecular weight is 444 g/mol. The van der Waals surface area contributed by atoms with E-state index in [9.17, 15) is 17.6 Å². The highest BCUT2D eigenvalue weighted by atomic mass is 32.2. The van der Waals surface area contributed by atoms with E-state index in [1.54, 1.807) is 0 Å². The monoisotopic (exact) mass is 444 g/mol. The van der Waals surface area contributed by atoms with Crippen LogP contribution in [0.15, 0.2) is 53.4 Å². The topological polar surface area (TPSA) is 120 Å². The first-order chi connectivity index (χ1) is 14.9. The fourth-order valence-corrected chi connectivity index (χ4v) is 4.32. The van der Waals surface area contributed by atoms with Gasteiger partial charge in [0.25, 0.3) is 15.9 Å². The maximum absolute atomic E-state index is 13.7. The van der Waals surface area contributed by atoms with Crippen molar-refractivity contribution in [1.29, 1.82) is 0 Å². The third-order valence-electron chi connectivity index (χ3n) is 4.89. The summed E-state index contributed by atoms with van der Waals surface area (Å²) in [7, 11) is -4.00. The maximum Gasteiger partial charge on any atom is 0.261 e. The van der Waals surface area contributed by atoms with E-state index >= 15 is 0 Å². The van der Waals surface area contributed by atoms with Crippen LogP contribution in [0.25, 0.3) is 0 Å². The van der Waals surface area contributed by atoms with E-state index < -0.39 is 21.7 Å². The van der Waals surface area contributed by atoms with Gasteiger partial charge in [-0.25, -0.2) is 17.9 Å². The number of aromatic nitrogens is 3. The maximum atomic E-state index is 13.7. The highest BCUT2D eigenvalue weighted by Gasteiger charge is 2.19. The molecule has 1 fully saturated rings. The summed E-state index contributed by atoms with van der Waals surface area (Å²) in [6, 6.07) is 10.8. The molecule has 0 atom stereocenters. The highest BCUT2D eigenvalue weighted by molar-refractivity contribution is 7.92. The fourth-order valence-electron chi connectivity index (χ4n) is 3.26. The van der Waals surface area contributed by atoms with Crippen LogP contribution in [-0.4, -0.2) is 42.6 Å². The van der Waals surface area contributed by atoms with Gasteiger partial charge in [0.15, 0.2) is 0 Å². The Morgan fingerprint density at radius 3 is 2.45 bits per heavy atom. The molecule has 0 bridgehead atoms. The predicted octanol–water partition coefficient (Wildman–Crippen LogP) is 2.99. The molecular formula is C20H21FN6O3S. The number of hydrogen-bond donors (Lipinski definition) is 3. The van der Waals surface area contributed by atoms with Crippen LogP contribution in [0.3, 0.4) is 0 Å². The summed E-state index contributed by atoms with van der Waals surface area (Å²) in [4.78, 5) is 18.7.